The van der Waals surface area contributed by atoms with E-state index in [4.69, 9.17) is 18.3 Å². The second kappa shape index (κ2) is 15.6. The Bertz CT molecular complexity index is 1940. The minimum atomic E-state index is -3.31. The number of carbonyl (C=O) groups is 1. The molecule has 0 amide bonds. The molecule has 1 fully saturated rings. The molecule has 6 rings (SSSR count). The van der Waals surface area contributed by atoms with Crippen LogP contribution in [0.25, 0.3) is 0 Å². The molecule has 0 aliphatic carbocycles. The molecule has 1 aromatic heterocycles. The molecule has 0 unspecified atom stereocenters. The predicted molar refractivity (Wildman–Crippen MR) is 214 cm³/mol. The quantitative estimate of drug-likeness (QED) is 0.0645. The van der Waals surface area contributed by atoms with E-state index in [2.05, 4.69) is 95.1 Å². The smallest absolute Gasteiger partial charge is 0.436 e. The topological polar surface area (TPSA) is 115 Å². The lowest BCUT2D eigenvalue weighted by atomic mass is 10.1. The number of benzene rings is 4. The molecule has 0 spiro atoms. The summed E-state index contributed by atoms with van der Waals surface area (Å²) in [5, 5.41) is 15.7. The summed E-state index contributed by atoms with van der Waals surface area (Å²) in [6.45, 7) is 14.5. The fraction of sp³-hybridized carbons (Fsp3) is 0.333. The number of ether oxygens (including phenoxy) is 2. The maximum Gasteiger partial charge on any atom is 0.436 e. The lowest BCUT2D eigenvalue weighted by Gasteiger charge is -2.46. The fourth-order valence-corrected chi connectivity index (χ4v) is 17.3. The van der Waals surface area contributed by atoms with Crippen LogP contribution in [0.1, 0.15) is 54.7 Å². The molecule has 2 heterocycles. The molecule has 12 heteroatoms. The zero-order valence-electron chi connectivity index (χ0n) is 31.9. The second-order valence-corrected chi connectivity index (χ2v) is 24.3. The van der Waals surface area contributed by atoms with E-state index in [-0.39, 0.29) is 11.6 Å². The minimum absolute atomic E-state index is 0.0485. The molecule has 1 aliphatic rings. The minimum Gasteiger partial charge on any atom is -0.453 e. The average Bonchev–Trinajstić information content (AvgIpc) is 3.76. The van der Waals surface area contributed by atoms with Crippen LogP contribution in [0.3, 0.4) is 0 Å². The number of aromatic nitrogens is 2. The lowest BCUT2D eigenvalue weighted by Crippen LogP contribution is -2.70. The number of esters is 1. The van der Waals surface area contributed by atoms with Crippen LogP contribution in [0.15, 0.2) is 134 Å². The largest absolute Gasteiger partial charge is 0.453 e. The summed E-state index contributed by atoms with van der Waals surface area (Å²) in [4.78, 5) is 28.7. The molecule has 282 valence electrons. The molecule has 0 bridgehead atoms. The summed E-state index contributed by atoms with van der Waals surface area (Å²) < 4.78 is 29.5. The third-order valence-corrected chi connectivity index (χ3v) is 20.3. The Hall–Kier alpha value is -4.73. The van der Waals surface area contributed by atoms with Gasteiger partial charge in [-0.2, -0.15) is 4.57 Å². The highest BCUT2D eigenvalue weighted by atomic mass is 28.4. The van der Waals surface area contributed by atoms with Crippen molar-refractivity contribution in [3.8, 4) is 0 Å². The number of nitrogens with zero attached hydrogens (tertiary/aromatic N) is 3. The highest BCUT2D eigenvalue weighted by molar-refractivity contribution is 7.00. The van der Waals surface area contributed by atoms with Gasteiger partial charge in [0, 0.05) is 6.92 Å². The van der Waals surface area contributed by atoms with Crippen molar-refractivity contribution in [2.75, 3.05) is 6.61 Å². The van der Waals surface area contributed by atoms with E-state index in [0.717, 1.165) is 20.7 Å². The van der Waals surface area contributed by atoms with Crippen molar-refractivity contribution in [2.45, 2.75) is 83.1 Å². The van der Waals surface area contributed by atoms with E-state index in [0.29, 0.717) is 0 Å². The zero-order valence-corrected chi connectivity index (χ0v) is 33.9. The second-order valence-electron chi connectivity index (χ2n) is 15.8. The Morgan fingerprint density at radius 3 is 1.56 bits per heavy atom. The number of hydrogen-bond acceptors (Lipinski definition) is 8. The number of rotatable bonds is 12. The monoisotopic (exact) mass is 763 g/mol. The van der Waals surface area contributed by atoms with Gasteiger partial charge in [-0.05, 0) is 35.7 Å². The lowest BCUT2D eigenvalue weighted by molar-refractivity contribution is -0.398. The maximum absolute atomic E-state index is 13.0. The van der Waals surface area contributed by atoms with Crippen molar-refractivity contribution in [2.24, 2.45) is 0 Å². The van der Waals surface area contributed by atoms with Gasteiger partial charge >= 0.3 is 11.9 Å². The van der Waals surface area contributed by atoms with E-state index in [9.17, 15) is 14.9 Å². The summed E-state index contributed by atoms with van der Waals surface area (Å²) in [5.41, 5.74) is 0. The van der Waals surface area contributed by atoms with E-state index in [1.54, 1.807) is 0 Å². The van der Waals surface area contributed by atoms with Crippen LogP contribution in [0.4, 0.5) is 5.95 Å². The Morgan fingerprint density at radius 1 is 0.741 bits per heavy atom. The summed E-state index contributed by atoms with van der Waals surface area (Å²) in [6.07, 6.45) is -1.14. The Labute approximate surface area is 319 Å². The standard InChI is InChI=1S/C42H49N3O7Si2/c1-31(46)50-38-37(52-54(42(5,6)7,34-24-16-10-17-25-34)35-26-18-11-19-27-35)36(51-39(38)44-29-28-43-40(44)45(47)48)30-49-53(41(2,3)4,32-20-12-8-13-21-32)33-22-14-9-15-23-33/h8-29,36-39H,30H2,1-7H3/t36-,37-,38-,39-/m1/s1. The van der Waals surface area contributed by atoms with Gasteiger partial charge in [-0.3, -0.25) is 4.79 Å². The molecule has 1 saturated heterocycles. The molecular formula is C42H49N3O7Si2. The Morgan fingerprint density at radius 2 is 1.17 bits per heavy atom. The summed E-state index contributed by atoms with van der Waals surface area (Å²) in [6, 6.07) is 40.9. The van der Waals surface area contributed by atoms with Gasteiger partial charge < -0.3 is 28.4 Å². The molecule has 10 nitrogen and oxygen atoms in total. The van der Waals surface area contributed by atoms with Gasteiger partial charge in [-0.25, -0.2) is 0 Å². The first-order valence-electron chi connectivity index (χ1n) is 18.2. The first kappa shape index (κ1) is 39.0. The highest BCUT2D eigenvalue weighted by Gasteiger charge is 2.60. The van der Waals surface area contributed by atoms with Crippen LogP contribution in [0, 0.1) is 10.1 Å². The Kier molecular flexibility index (Phi) is 11.2. The van der Waals surface area contributed by atoms with E-state index in [1.807, 2.05) is 72.8 Å². The normalized spacial score (nSPS) is 19.4. The van der Waals surface area contributed by atoms with Crippen LogP contribution in [0.2, 0.25) is 10.1 Å². The third kappa shape index (κ3) is 7.24. The van der Waals surface area contributed by atoms with Crippen molar-refractivity contribution in [3.05, 3.63) is 144 Å². The molecule has 1 aliphatic heterocycles. The third-order valence-electron chi connectivity index (χ3n) is 10.3. The van der Waals surface area contributed by atoms with Crippen LogP contribution >= 0.6 is 0 Å². The summed E-state index contributed by atoms with van der Waals surface area (Å²) in [7, 11) is -6.41. The van der Waals surface area contributed by atoms with Crippen molar-refractivity contribution in [1.82, 2.24) is 9.55 Å². The fourth-order valence-electron chi connectivity index (χ4n) is 8.03. The van der Waals surface area contributed by atoms with E-state index < -0.39 is 63.1 Å². The zero-order chi connectivity index (χ0) is 38.7. The molecule has 0 saturated carbocycles. The highest BCUT2D eigenvalue weighted by Crippen LogP contribution is 2.44. The van der Waals surface area contributed by atoms with Crippen LogP contribution in [-0.4, -0.2) is 62.0 Å². The average molecular weight is 764 g/mol. The first-order chi connectivity index (χ1) is 25.7. The molecule has 4 aromatic carbocycles. The maximum atomic E-state index is 13.0. The number of nitro groups is 1. The van der Waals surface area contributed by atoms with Gasteiger partial charge in [0.05, 0.1) is 6.61 Å². The number of hydrogen-bond donors (Lipinski definition) is 0. The van der Waals surface area contributed by atoms with Gasteiger partial charge in [0.2, 0.25) is 6.23 Å². The molecule has 54 heavy (non-hydrogen) atoms. The van der Waals surface area contributed by atoms with Crippen LogP contribution < -0.4 is 20.7 Å². The number of carbonyl (C=O) groups excluding carboxylic acids is 1. The van der Waals surface area contributed by atoms with Crippen molar-refractivity contribution >= 4 is 49.3 Å². The SMILES string of the molecule is CC(=O)O[C@@H]1[C@H](O[Si](c2ccccc2)(c2ccccc2)C(C)(C)C)[C@@H](CO[Si](c2ccccc2)(c2ccccc2)C(C)(C)C)O[C@H]1n1ccnc1[N+](=O)[O-]. The molecule has 0 N–H and O–H groups in total. The van der Waals surface area contributed by atoms with E-state index >= 15 is 0 Å². The van der Waals surface area contributed by atoms with Gasteiger partial charge in [-0.1, -0.05) is 168 Å². The van der Waals surface area contributed by atoms with Gasteiger partial charge in [0.15, 0.2) is 6.10 Å². The number of imidazole rings is 1. The molecule has 0 radical (unpaired) electrons. The first-order valence-corrected chi connectivity index (χ1v) is 22.1. The Balaban J connectivity index is 1.56. The molecule has 4 atom stereocenters. The van der Waals surface area contributed by atoms with Gasteiger partial charge in [0.25, 0.3) is 16.6 Å². The predicted octanol–water partition coefficient (Wildman–Crippen LogP) is 6.14. The molecule has 5 aromatic rings. The van der Waals surface area contributed by atoms with Crippen molar-refractivity contribution < 1.29 is 28.0 Å². The van der Waals surface area contributed by atoms with Crippen molar-refractivity contribution in [3.63, 3.8) is 0 Å². The van der Waals surface area contributed by atoms with Crippen molar-refractivity contribution in [1.29, 1.82) is 0 Å². The summed E-state index contributed by atoms with van der Waals surface area (Å²) >= 11 is 0. The van der Waals surface area contributed by atoms with Gasteiger partial charge in [0.1, 0.15) is 24.6 Å². The van der Waals surface area contributed by atoms with Crippen LogP contribution in [-0.2, 0) is 23.1 Å². The van der Waals surface area contributed by atoms with Gasteiger partial charge in [-0.15, -0.1) is 0 Å². The molecular weight excluding hydrogens is 715 g/mol. The van der Waals surface area contributed by atoms with E-state index in [1.165, 1.54) is 23.9 Å². The summed E-state index contributed by atoms with van der Waals surface area (Å²) in [5.74, 6) is -1.00. The van der Waals surface area contributed by atoms with Crippen LogP contribution in [0.5, 0.6) is 0 Å².